The van der Waals surface area contributed by atoms with E-state index in [1.165, 1.54) is 0 Å². The molecule has 0 fully saturated rings. The fourth-order valence-corrected chi connectivity index (χ4v) is 4.71. The Bertz CT molecular complexity index is 1200. The lowest BCUT2D eigenvalue weighted by Crippen LogP contribution is -2.50. The first-order valence-corrected chi connectivity index (χ1v) is 12.6. The van der Waals surface area contributed by atoms with Crippen molar-refractivity contribution in [1.29, 1.82) is 0 Å². The number of nitrogens with zero attached hydrogens (tertiary/aromatic N) is 1. The molecular weight excluding hydrogens is 499 g/mol. The van der Waals surface area contributed by atoms with Crippen molar-refractivity contribution >= 4 is 35.0 Å². The monoisotopic (exact) mass is 526 g/mol. The van der Waals surface area contributed by atoms with E-state index in [-0.39, 0.29) is 31.6 Å². The third-order valence-corrected chi connectivity index (χ3v) is 6.78. The highest BCUT2D eigenvalue weighted by atomic mass is 35.5. The van der Waals surface area contributed by atoms with Crippen molar-refractivity contribution in [3.05, 3.63) is 93.5 Å². The number of amides is 2. The zero-order valence-corrected chi connectivity index (χ0v) is 21.5. The van der Waals surface area contributed by atoms with E-state index in [9.17, 15) is 9.59 Å². The van der Waals surface area contributed by atoms with E-state index in [0.717, 1.165) is 11.1 Å². The van der Waals surface area contributed by atoms with Crippen molar-refractivity contribution in [2.24, 2.45) is 0 Å². The molecule has 1 aliphatic heterocycles. The van der Waals surface area contributed by atoms with Crippen LogP contribution >= 0.6 is 23.2 Å². The first-order chi connectivity index (χ1) is 17.5. The molecule has 3 aromatic rings. The molecule has 0 aromatic heterocycles. The zero-order valence-electron chi connectivity index (χ0n) is 20.0. The summed E-state index contributed by atoms with van der Waals surface area (Å²) in [6.45, 7) is 2.62. The van der Waals surface area contributed by atoms with Crippen LogP contribution in [0.3, 0.4) is 0 Å². The molecule has 1 N–H and O–H groups in total. The number of rotatable bonds is 10. The van der Waals surface area contributed by atoms with Gasteiger partial charge in [-0.25, -0.2) is 0 Å². The summed E-state index contributed by atoms with van der Waals surface area (Å²) >= 11 is 12.9. The van der Waals surface area contributed by atoms with Crippen LogP contribution in [-0.4, -0.2) is 36.1 Å². The summed E-state index contributed by atoms with van der Waals surface area (Å²) in [5.41, 5.74) is 2.51. The van der Waals surface area contributed by atoms with Gasteiger partial charge >= 0.3 is 0 Å². The van der Waals surface area contributed by atoms with E-state index in [4.69, 9.17) is 32.7 Å². The Balaban J connectivity index is 1.62. The van der Waals surface area contributed by atoms with Gasteiger partial charge in [0.2, 0.25) is 18.6 Å². The first kappa shape index (κ1) is 25.9. The SMILES string of the molecule is CCNC(=O)C(Cc1ccccc1)N(Cc1c(Cl)cccc1Cl)C(=O)CCc1ccc2c(c1)OCO2. The highest BCUT2D eigenvalue weighted by Crippen LogP contribution is 2.33. The maximum absolute atomic E-state index is 13.7. The molecule has 36 heavy (non-hydrogen) atoms. The molecule has 8 heteroatoms. The molecule has 0 radical (unpaired) electrons. The molecule has 0 saturated carbocycles. The number of benzene rings is 3. The summed E-state index contributed by atoms with van der Waals surface area (Å²) in [4.78, 5) is 28.6. The molecule has 1 aliphatic rings. The van der Waals surface area contributed by atoms with Crippen LogP contribution in [0.5, 0.6) is 11.5 Å². The Hall–Kier alpha value is -3.22. The second-order valence-corrected chi connectivity index (χ2v) is 9.32. The van der Waals surface area contributed by atoms with Gasteiger partial charge in [0.15, 0.2) is 11.5 Å². The van der Waals surface area contributed by atoms with Gasteiger partial charge in [0.25, 0.3) is 0 Å². The summed E-state index contributed by atoms with van der Waals surface area (Å²) in [5, 5.41) is 3.79. The molecule has 188 valence electrons. The number of hydrogen-bond acceptors (Lipinski definition) is 4. The lowest BCUT2D eigenvalue weighted by Gasteiger charge is -2.32. The first-order valence-electron chi connectivity index (χ1n) is 11.9. The van der Waals surface area contributed by atoms with Gasteiger partial charge in [-0.2, -0.15) is 0 Å². The van der Waals surface area contributed by atoms with Crippen molar-refractivity contribution in [3.8, 4) is 11.5 Å². The Morgan fingerprint density at radius 1 is 0.944 bits per heavy atom. The van der Waals surface area contributed by atoms with Crippen molar-refractivity contribution in [2.45, 2.75) is 38.8 Å². The predicted octanol–water partition coefficient (Wildman–Crippen LogP) is 5.43. The van der Waals surface area contributed by atoms with E-state index in [2.05, 4.69) is 5.32 Å². The van der Waals surface area contributed by atoms with Crippen LogP contribution in [0.1, 0.15) is 30.0 Å². The van der Waals surface area contributed by atoms with Gasteiger partial charge in [-0.3, -0.25) is 9.59 Å². The molecule has 1 heterocycles. The number of carbonyl (C=O) groups excluding carboxylic acids is 2. The molecule has 3 aromatic carbocycles. The number of aryl methyl sites for hydroxylation is 1. The molecule has 1 unspecified atom stereocenters. The number of halogens is 2. The molecule has 6 nitrogen and oxygen atoms in total. The molecular formula is C28H28Cl2N2O4. The van der Waals surface area contributed by atoms with E-state index < -0.39 is 6.04 Å². The second kappa shape index (κ2) is 12.2. The zero-order chi connectivity index (χ0) is 25.5. The van der Waals surface area contributed by atoms with Crippen LogP contribution in [0.15, 0.2) is 66.7 Å². The number of fused-ring (bicyclic) bond motifs is 1. The van der Waals surface area contributed by atoms with E-state index >= 15 is 0 Å². The maximum atomic E-state index is 13.7. The van der Waals surface area contributed by atoms with Gasteiger partial charge in [-0.05, 0) is 48.7 Å². The maximum Gasteiger partial charge on any atom is 0.243 e. The largest absolute Gasteiger partial charge is 0.454 e. The summed E-state index contributed by atoms with van der Waals surface area (Å²) in [7, 11) is 0. The van der Waals surface area contributed by atoms with Crippen LogP contribution < -0.4 is 14.8 Å². The minimum Gasteiger partial charge on any atom is -0.454 e. The smallest absolute Gasteiger partial charge is 0.243 e. The minimum atomic E-state index is -0.732. The topological polar surface area (TPSA) is 67.9 Å². The van der Waals surface area contributed by atoms with Crippen molar-refractivity contribution in [3.63, 3.8) is 0 Å². The van der Waals surface area contributed by atoms with Crippen molar-refractivity contribution in [1.82, 2.24) is 10.2 Å². The van der Waals surface area contributed by atoms with Gasteiger partial charge in [-0.1, -0.05) is 65.7 Å². The fourth-order valence-electron chi connectivity index (χ4n) is 4.19. The van der Waals surface area contributed by atoms with E-state index in [1.54, 1.807) is 23.1 Å². The number of ether oxygens (including phenoxy) is 2. The molecule has 0 aliphatic carbocycles. The molecule has 2 amide bonds. The third kappa shape index (κ3) is 6.31. The van der Waals surface area contributed by atoms with Gasteiger partial charge in [0, 0.05) is 41.5 Å². The lowest BCUT2D eigenvalue weighted by atomic mass is 10.0. The lowest BCUT2D eigenvalue weighted by molar-refractivity contribution is -0.141. The molecule has 0 saturated heterocycles. The Kier molecular flexibility index (Phi) is 8.73. The van der Waals surface area contributed by atoms with Crippen LogP contribution in [0, 0.1) is 0 Å². The Morgan fingerprint density at radius 2 is 1.67 bits per heavy atom. The quantitative estimate of drug-likeness (QED) is 0.382. The van der Waals surface area contributed by atoms with Crippen LogP contribution in [-0.2, 0) is 29.0 Å². The van der Waals surface area contributed by atoms with Crippen LogP contribution in [0.4, 0.5) is 0 Å². The molecule has 4 rings (SSSR count). The summed E-state index contributed by atoms with van der Waals surface area (Å²) in [6, 6.07) is 19.8. The van der Waals surface area contributed by atoms with E-state index in [0.29, 0.717) is 46.5 Å². The van der Waals surface area contributed by atoms with Crippen LogP contribution in [0.25, 0.3) is 0 Å². The highest BCUT2D eigenvalue weighted by molar-refractivity contribution is 6.36. The Morgan fingerprint density at radius 3 is 2.39 bits per heavy atom. The van der Waals surface area contributed by atoms with Gasteiger partial charge < -0.3 is 19.7 Å². The normalized spacial score (nSPS) is 12.8. The molecule has 1 atom stereocenters. The Labute approximate surface area is 221 Å². The second-order valence-electron chi connectivity index (χ2n) is 8.51. The average molecular weight is 527 g/mol. The number of nitrogens with one attached hydrogen (secondary N) is 1. The standard InChI is InChI=1S/C28H28Cl2N2O4/c1-2-31-28(34)24(15-19-7-4-3-5-8-19)32(17-21-22(29)9-6-10-23(21)30)27(33)14-12-20-11-13-25-26(16-20)36-18-35-25/h3-11,13,16,24H,2,12,14-15,17-18H2,1H3,(H,31,34). The van der Waals surface area contributed by atoms with Gasteiger partial charge in [-0.15, -0.1) is 0 Å². The van der Waals surface area contributed by atoms with Gasteiger partial charge in [0.05, 0.1) is 0 Å². The van der Waals surface area contributed by atoms with Crippen molar-refractivity contribution < 1.29 is 19.1 Å². The summed E-state index contributed by atoms with van der Waals surface area (Å²) < 4.78 is 10.8. The predicted molar refractivity (Wildman–Crippen MR) is 141 cm³/mol. The van der Waals surface area contributed by atoms with E-state index in [1.807, 2.05) is 55.5 Å². The molecule has 0 bridgehead atoms. The number of likely N-dealkylation sites (N-methyl/N-ethyl adjacent to an activating group) is 1. The van der Waals surface area contributed by atoms with Crippen molar-refractivity contribution in [2.75, 3.05) is 13.3 Å². The number of carbonyl (C=O) groups is 2. The average Bonchev–Trinajstić information content (AvgIpc) is 3.35. The number of hydrogen-bond donors (Lipinski definition) is 1. The fraction of sp³-hybridized carbons (Fsp3) is 0.286. The minimum absolute atomic E-state index is 0.118. The van der Waals surface area contributed by atoms with Crippen LogP contribution in [0.2, 0.25) is 10.0 Å². The third-order valence-electron chi connectivity index (χ3n) is 6.08. The van der Waals surface area contributed by atoms with Gasteiger partial charge in [0.1, 0.15) is 6.04 Å². The summed E-state index contributed by atoms with van der Waals surface area (Å²) in [6.07, 6.45) is 1.05. The summed E-state index contributed by atoms with van der Waals surface area (Å²) in [5.74, 6) is 0.972. The highest BCUT2D eigenvalue weighted by Gasteiger charge is 2.31. The molecule has 0 spiro atoms.